The van der Waals surface area contributed by atoms with E-state index in [4.69, 9.17) is 16.6 Å². The molecule has 0 saturated heterocycles. The van der Waals surface area contributed by atoms with Gasteiger partial charge in [0, 0.05) is 12.0 Å². The van der Waals surface area contributed by atoms with Crippen LogP contribution in [0.5, 0.6) is 0 Å². The standard InChI is InChI=1S/C6H13NO2.C5H9NO4.2Na.H2O/c1-4(2)3-5(7)6(8)9;6-3(5(9)10)1-2-4(7)8;;;/h4-5H,3,7H2,1-2H3,(H,8,9);3H,1-2,6H2,(H,7,8)(H,9,10);;;1H2/q;;2*+1;/p-2. The van der Waals surface area contributed by atoms with Crippen LogP contribution in [0, 0.1) is 5.92 Å². The van der Waals surface area contributed by atoms with Gasteiger partial charge in [0.2, 0.25) is 0 Å². The van der Waals surface area contributed by atoms with Crippen molar-refractivity contribution in [3.8, 4) is 0 Å². The first-order valence-corrected chi connectivity index (χ1v) is 5.72. The second-order valence-corrected chi connectivity index (χ2v) is 4.41. The molecule has 0 bridgehead atoms. The molecule has 0 aliphatic rings. The van der Waals surface area contributed by atoms with Gasteiger partial charge in [0.1, 0.15) is 6.04 Å². The molecule has 0 aliphatic heterocycles. The molecule has 0 spiro atoms. The van der Waals surface area contributed by atoms with Gasteiger partial charge in [0.15, 0.2) is 0 Å². The Labute approximate surface area is 173 Å². The second-order valence-electron chi connectivity index (χ2n) is 4.41. The van der Waals surface area contributed by atoms with E-state index in [1.807, 2.05) is 13.8 Å². The van der Waals surface area contributed by atoms with E-state index in [-0.39, 0.29) is 77.4 Å². The van der Waals surface area contributed by atoms with Crippen LogP contribution in [0.1, 0.15) is 33.1 Å². The predicted molar refractivity (Wildman–Crippen MR) is 65.9 cm³/mol. The van der Waals surface area contributed by atoms with Gasteiger partial charge in [-0.1, -0.05) is 13.8 Å². The summed E-state index contributed by atoms with van der Waals surface area (Å²) in [6.45, 7) is 3.89. The minimum absolute atomic E-state index is 0. The molecule has 11 heteroatoms. The van der Waals surface area contributed by atoms with Crippen molar-refractivity contribution in [3.05, 3.63) is 0 Å². The number of carbonyl (C=O) groups excluding carboxylic acids is 2. The van der Waals surface area contributed by atoms with Crippen molar-refractivity contribution in [3.63, 3.8) is 0 Å². The summed E-state index contributed by atoms with van der Waals surface area (Å²) < 4.78 is 0. The van der Waals surface area contributed by atoms with Crippen LogP contribution in [0.4, 0.5) is 0 Å². The van der Waals surface area contributed by atoms with Crippen molar-refractivity contribution in [1.29, 1.82) is 0 Å². The fourth-order valence-electron chi connectivity index (χ4n) is 1.000. The number of hydrogen-bond acceptors (Lipinski definition) is 7. The van der Waals surface area contributed by atoms with Gasteiger partial charge >= 0.3 is 65.1 Å². The first kappa shape index (κ1) is 33.8. The number of carboxylic acid groups (broad SMARTS) is 3. The number of carboxylic acids is 3. The normalized spacial score (nSPS) is 11.3. The van der Waals surface area contributed by atoms with Crippen molar-refractivity contribution in [1.82, 2.24) is 0 Å². The van der Waals surface area contributed by atoms with E-state index in [2.05, 4.69) is 0 Å². The minimum Gasteiger partial charge on any atom is -0.550 e. The first-order chi connectivity index (χ1) is 8.57. The zero-order valence-electron chi connectivity index (χ0n) is 13.5. The van der Waals surface area contributed by atoms with Crippen LogP contribution in [-0.2, 0) is 14.4 Å². The topological polar surface area (TPSA) is 201 Å². The zero-order valence-corrected chi connectivity index (χ0v) is 17.5. The Bertz CT molecular complexity index is 317. The van der Waals surface area contributed by atoms with Crippen LogP contribution >= 0.6 is 0 Å². The quantitative estimate of drug-likeness (QED) is 0.379. The molecule has 0 amide bonds. The molecule has 0 radical (unpaired) electrons. The Balaban J connectivity index is -0.0000000774. The van der Waals surface area contributed by atoms with Gasteiger partial charge in [-0.3, -0.25) is 4.79 Å². The maximum absolute atomic E-state index is 10.1. The molecular formula is C11H22N2Na2O7. The van der Waals surface area contributed by atoms with Crippen molar-refractivity contribution < 1.29 is 94.3 Å². The molecule has 120 valence electrons. The Morgan fingerprint density at radius 3 is 1.64 bits per heavy atom. The van der Waals surface area contributed by atoms with E-state index in [1.54, 1.807) is 0 Å². The molecule has 2 unspecified atom stereocenters. The van der Waals surface area contributed by atoms with Gasteiger partial charge in [-0.25, -0.2) is 0 Å². The SMILES string of the molecule is CC(C)CC(N)C(=O)O.NC(CCC(=O)[O-])C(=O)[O-].O.[Na+].[Na+]. The molecule has 0 aromatic rings. The molecule has 22 heavy (non-hydrogen) atoms. The van der Waals surface area contributed by atoms with E-state index in [0.717, 1.165) is 0 Å². The molecule has 7 N–H and O–H groups in total. The Kier molecular flexibility index (Phi) is 29.7. The summed E-state index contributed by atoms with van der Waals surface area (Å²) in [4.78, 5) is 29.7. The van der Waals surface area contributed by atoms with Crippen LogP contribution in [0.25, 0.3) is 0 Å². The molecular weight excluding hydrogens is 318 g/mol. The van der Waals surface area contributed by atoms with E-state index >= 15 is 0 Å². The monoisotopic (exact) mass is 340 g/mol. The smallest absolute Gasteiger partial charge is 0.550 e. The number of hydrogen-bond donors (Lipinski definition) is 3. The Morgan fingerprint density at radius 2 is 1.45 bits per heavy atom. The van der Waals surface area contributed by atoms with Crippen LogP contribution < -0.4 is 80.8 Å². The molecule has 0 aromatic carbocycles. The molecule has 0 aliphatic carbocycles. The summed E-state index contributed by atoms with van der Waals surface area (Å²) in [5, 5.41) is 27.9. The van der Waals surface area contributed by atoms with Crippen molar-refractivity contribution in [2.24, 2.45) is 17.4 Å². The van der Waals surface area contributed by atoms with Crippen molar-refractivity contribution >= 4 is 17.9 Å². The van der Waals surface area contributed by atoms with Crippen LogP contribution in [0.2, 0.25) is 0 Å². The molecule has 9 nitrogen and oxygen atoms in total. The van der Waals surface area contributed by atoms with Gasteiger partial charge in [-0.2, -0.15) is 0 Å². The molecule has 0 aromatic heterocycles. The van der Waals surface area contributed by atoms with Gasteiger partial charge in [0.05, 0.1) is 5.97 Å². The summed E-state index contributed by atoms with van der Waals surface area (Å²) in [7, 11) is 0. The predicted octanol–water partition coefficient (Wildman–Crippen LogP) is -9.78. The minimum atomic E-state index is -1.44. The Morgan fingerprint density at radius 1 is 1.05 bits per heavy atom. The summed E-state index contributed by atoms with van der Waals surface area (Å²) >= 11 is 0. The van der Waals surface area contributed by atoms with Gasteiger partial charge in [-0.15, -0.1) is 0 Å². The van der Waals surface area contributed by atoms with Crippen molar-refractivity contribution in [2.75, 3.05) is 0 Å². The molecule has 0 rings (SSSR count). The molecule has 2 atom stereocenters. The third-order valence-electron chi connectivity index (χ3n) is 2.00. The summed E-state index contributed by atoms with van der Waals surface area (Å²) in [5.41, 5.74) is 10.1. The number of carbonyl (C=O) groups is 3. The van der Waals surface area contributed by atoms with E-state index in [1.165, 1.54) is 0 Å². The van der Waals surface area contributed by atoms with Crippen LogP contribution in [0.3, 0.4) is 0 Å². The Hall–Kier alpha value is 0.290. The average Bonchev–Trinajstić information content (AvgIpc) is 2.25. The largest absolute Gasteiger partial charge is 1.00 e. The summed E-state index contributed by atoms with van der Waals surface area (Å²) in [6.07, 6.45) is 0.0507. The summed E-state index contributed by atoms with van der Waals surface area (Å²) in [6, 6.07) is -1.90. The van der Waals surface area contributed by atoms with Gasteiger partial charge in [0.25, 0.3) is 0 Å². The van der Waals surface area contributed by atoms with Crippen molar-refractivity contribution in [2.45, 2.75) is 45.2 Å². The van der Waals surface area contributed by atoms with Gasteiger partial charge < -0.3 is 41.9 Å². The third kappa shape index (κ3) is 25.3. The second kappa shape index (κ2) is 19.3. The molecule has 0 saturated carbocycles. The summed E-state index contributed by atoms with van der Waals surface area (Å²) in [5.74, 6) is -3.31. The third-order valence-corrected chi connectivity index (χ3v) is 2.00. The fraction of sp³-hybridized carbons (Fsp3) is 0.727. The maximum Gasteiger partial charge on any atom is 1.00 e. The van der Waals surface area contributed by atoms with E-state index in [0.29, 0.717) is 12.3 Å². The zero-order chi connectivity index (χ0) is 15.6. The molecule has 0 fully saturated rings. The van der Waals surface area contributed by atoms with Crippen LogP contribution in [0.15, 0.2) is 0 Å². The number of nitrogens with two attached hydrogens (primary N) is 2. The first-order valence-electron chi connectivity index (χ1n) is 5.72. The number of rotatable bonds is 7. The molecule has 0 heterocycles. The van der Waals surface area contributed by atoms with E-state index in [9.17, 15) is 24.6 Å². The maximum atomic E-state index is 10.1. The van der Waals surface area contributed by atoms with E-state index < -0.39 is 30.0 Å². The fourth-order valence-corrected chi connectivity index (χ4v) is 1.000. The van der Waals surface area contributed by atoms with Crippen LogP contribution in [-0.4, -0.2) is 40.6 Å². The van der Waals surface area contributed by atoms with Gasteiger partial charge in [-0.05, 0) is 25.2 Å². The average molecular weight is 340 g/mol. The number of aliphatic carboxylic acids is 3.